The SMILES string of the molecule is CC/C=C(CCCC1N=C(c2ccccc2)C=C(c2ccccc2)N1)/C1=C\CCc2ccc(-c3cc4c(c5ccccc35)C=CCC4)cc2/C(O)=C\1c1ccccc1C. The molecule has 0 saturated carbocycles. The van der Waals surface area contributed by atoms with Crippen LogP contribution in [0.1, 0.15) is 90.0 Å². The minimum atomic E-state index is -0.0552. The van der Waals surface area contributed by atoms with Crippen LogP contribution < -0.4 is 5.32 Å². The van der Waals surface area contributed by atoms with Crippen molar-refractivity contribution in [2.45, 2.75) is 71.4 Å². The summed E-state index contributed by atoms with van der Waals surface area (Å²) in [5.41, 5.74) is 17.2. The zero-order valence-electron chi connectivity index (χ0n) is 34.2. The fourth-order valence-electron chi connectivity index (χ4n) is 9.24. The zero-order valence-corrected chi connectivity index (χ0v) is 34.2. The van der Waals surface area contributed by atoms with Gasteiger partial charge in [0, 0.05) is 16.8 Å². The maximum absolute atomic E-state index is 12.8. The second-order valence-corrected chi connectivity index (χ2v) is 16.0. The molecule has 3 aliphatic rings. The lowest BCUT2D eigenvalue weighted by molar-refractivity contribution is 0.512. The van der Waals surface area contributed by atoms with Gasteiger partial charge in [-0.05, 0) is 148 Å². The second-order valence-electron chi connectivity index (χ2n) is 16.0. The van der Waals surface area contributed by atoms with E-state index in [9.17, 15) is 5.11 Å². The molecule has 0 radical (unpaired) electrons. The summed E-state index contributed by atoms with van der Waals surface area (Å²) in [6.45, 7) is 4.38. The van der Waals surface area contributed by atoms with Crippen molar-refractivity contribution in [3.8, 4) is 11.1 Å². The Balaban J connectivity index is 1.07. The molecule has 0 spiro atoms. The molecule has 1 atom stereocenters. The highest BCUT2D eigenvalue weighted by Gasteiger charge is 2.25. The molecule has 0 amide bonds. The van der Waals surface area contributed by atoms with E-state index in [-0.39, 0.29) is 6.17 Å². The number of aliphatic imine (C=N–C) groups is 1. The summed E-state index contributed by atoms with van der Waals surface area (Å²) in [6, 6.07) is 47.6. The van der Waals surface area contributed by atoms with Crippen LogP contribution in [-0.2, 0) is 12.8 Å². The van der Waals surface area contributed by atoms with Crippen LogP contribution >= 0.6 is 0 Å². The maximum atomic E-state index is 12.8. The standard InChI is InChI=1S/C56H52N2O/c1-3-18-39(26-17-32-54-57-52(41-20-6-4-7-21-41)37-53(58-54)42-22-8-5-9-23-42)47-31-16-25-40-33-34-44(36-51(40)56(59)55(47)45-27-12-10-19-38(45)2)50-35-43-24-11-13-28-46(43)48-29-14-15-30-49(48)50/h4-10,12-15,18-23,27-31,33-37,54,57,59H,3,11,16-17,24-26,32H2,1-2H3/b39-18+,47-31+,56-55+. The van der Waals surface area contributed by atoms with E-state index in [1.807, 2.05) is 0 Å². The Morgan fingerprint density at radius 1 is 0.729 bits per heavy atom. The van der Waals surface area contributed by atoms with Gasteiger partial charge in [-0.25, -0.2) is 0 Å². The first-order valence-electron chi connectivity index (χ1n) is 21.5. The van der Waals surface area contributed by atoms with Gasteiger partial charge in [0.25, 0.3) is 0 Å². The molecular weight excluding hydrogens is 717 g/mol. The van der Waals surface area contributed by atoms with Crippen LogP contribution in [0.2, 0.25) is 0 Å². The lowest BCUT2D eigenvalue weighted by atomic mass is 9.81. The number of allylic oxidation sites excluding steroid dienone is 7. The number of benzene rings is 6. The van der Waals surface area contributed by atoms with Crippen molar-refractivity contribution in [1.29, 1.82) is 0 Å². The van der Waals surface area contributed by atoms with Gasteiger partial charge in [0.05, 0.1) is 5.71 Å². The number of aryl methyl sites for hydroxylation is 3. The summed E-state index contributed by atoms with van der Waals surface area (Å²) in [7, 11) is 0. The fraction of sp³-hybridized carbons (Fsp3) is 0.196. The molecular formula is C56H52N2O. The largest absolute Gasteiger partial charge is 0.507 e. The van der Waals surface area contributed by atoms with Crippen LogP contribution in [0, 0.1) is 6.92 Å². The molecule has 3 nitrogen and oxygen atoms in total. The monoisotopic (exact) mass is 768 g/mol. The van der Waals surface area contributed by atoms with E-state index in [1.165, 1.54) is 38.6 Å². The van der Waals surface area contributed by atoms with Crippen molar-refractivity contribution < 1.29 is 5.11 Å². The first-order valence-corrected chi connectivity index (χ1v) is 21.5. The molecule has 2 aliphatic carbocycles. The van der Waals surface area contributed by atoms with Gasteiger partial charge in [0.15, 0.2) is 0 Å². The van der Waals surface area contributed by atoms with Crippen LogP contribution in [0.5, 0.6) is 0 Å². The van der Waals surface area contributed by atoms with Gasteiger partial charge in [-0.2, -0.15) is 0 Å². The van der Waals surface area contributed by atoms with Crippen molar-refractivity contribution in [3.05, 3.63) is 213 Å². The predicted octanol–water partition coefficient (Wildman–Crippen LogP) is 14.0. The molecule has 6 aromatic carbocycles. The minimum Gasteiger partial charge on any atom is -0.507 e. The number of aliphatic hydroxyl groups is 1. The molecule has 292 valence electrons. The summed E-state index contributed by atoms with van der Waals surface area (Å²) in [6.07, 6.45) is 18.9. The molecule has 6 aromatic rings. The summed E-state index contributed by atoms with van der Waals surface area (Å²) in [4.78, 5) is 5.24. The second kappa shape index (κ2) is 17.2. The molecule has 0 saturated heterocycles. The predicted molar refractivity (Wildman–Crippen MR) is 250 cm³/mol. The van der Waals surface area contributed by atoms with Gasteiger partial charge in [0.2, 0.25) is 0 Å². The number of hydrogen-bond donors (Lipinski definition) is 2. The van der Waals surface area contributed by atoms with E-state index in [4.69, 9.17) is 4.99 Å². The average molecular weight is 769 g/mol. The minimum absolute atomic E-state index is 0.0552. The Bertz CT molecular complexity index is 2710. The molecule has 2 N–H and O–H groups in total. The van der Waals surface area contributed by atoms with Crippen molar-refractivity contribution in [3.63, 3.8) is 0 Å². The molecule has 0 fully saturated rings. The maximum Gasteiger partial charge on any atom is 0.131 e. The highest BCUT2D eigenvalue weighted by Crippen LogP contribution is 2.43. The molecule has 3 heteroatoms. The first kappa shape index (κ1) is 38.1. The third kappa shape index (κ3) is 7.90. The van der Waals surface area contributed by atoms with Gasteiger partial charge < -0.3 is 10.4 Å². The van der Waals surface area contributed by atoms with Crippen LogP contribution in [-0.4, -0.2) is 17.0 Å². The van der Waals surface area contributed by atoms with Crippen LogP contribution in [0.3, 0.4) is 0 Å². The van der Waals surface area contributed by atoms with Crippen LogP contribution in [0.25, 0.3) is 45.0 Å². The van der Waals surface area contributed by atoms with Crippen molar-refractivity contribution in [1.82, 2.24) is 5.32 Å². The van der Waals surface area contributed by atoms with E-state index in [0.29, 0.717) is 5.76 Å². The molecule has 59 heavy (non-hydrogen) atoms. The van der Waals surface area contributed by atoms with E-state index < -0.39 is 0 Å². The molecule has 1 heterocycles. The van der Waals surface area contributed by atoms with Crippen molar-refractivity contribution in [2.24, 2.45) is 4.99 Å². The summed E-state index contributed by atoms with van der Waals surface area (Å²) < 4.78 is 0. The topological polar surface area (TPSA) is 44.6 Å². The van der Waals surface area contributed by atoms with E-state index in [0.717, 1.165) is 107 Å². The number of hydrogen-bond acceptors (Lipinski definition) is 3. The van der Waals surface area contributed by atoms with Gasteiger partial charge >= 0.3 is 0 Å². The van der Waals surface area contributed by atoms with Crippen LogP contribution in [0.4, 0.5) is 0 Å². The number of fused-ring (bicyclic) bond motifs is 4. The Morgan fingerprint density at radius 3 is 2.25 bits per heavy atom. The number of rotatable bonds is 10. The lowest BCUT2D eigenvalue weighted by Crippen LogP contribution is -2.31. The molecule has 9 rings (SSSR count). The summed E-state index contributed by atoms with van der Waals surface area (Å²) in [5.74, 6) is 0.359. The third-order valence-corrected chi connectivity index (χ3v) is 12.2. The number of nitrogens with zero attached hydrogens (tertiary/aromatic N) is 1. The quantitative estimate of drug-likeness (QED) is 0.146. The average Bonchev–Trinajstić information content (AvgIpc) is 3.28. The van der Waals surface area contributed by atoms with Gasteiger partial charge in [0.1, 0.15) is 11.9 Å². The van der Waals surface area contributed by atoms with Gasteiger partial charge in [-0.15, -0.1) is 0 Å². The first-order chi connectivity index (χ1) is 29.1. The Hall–Kier alpha value is -6.45. The Kier molecular flexibility index (Phi) is 11.1. The molecule has 0 bridgehead atoms. The Labute approximate surface area is 349 Å². The van der Waals surface area contributed by atoms with E-state index in [2.05, 4.69) is 183 Å². The lowest BCUT2D eigenvalue weighted by Gasteiger charge is -2.26. The summed E-state index contributed by atoms with van der Waals surface area (Å²) >= 11 is 0. The zero-order chi connectivity index (χ0) is 40.1. The normalized spacial score (nSPS) is 18.7. The molecule has 0 aromatic heterocycles. The molecule has 1 aliphatic heterocycles. The van der Waals surface area contributed by atoms with E-state index >= 15 is 0 Å². The smallest absolute Gasteiger partial charge is 0.131 e. The van der Waals surface area contributed by atoms with Crippen molar-refractivity contribution >= 4 is 39.6 Å². The van der Waals surface area contributed by atoms with Crippen molar-refractivity contribution in [2.75, 3.05) is 0 Å². The number of nitrogens with one attached hydrogen (secondary N) is 1. The van der Waals surface area contributed by atoms with E-state index in [1.54, 1.807) is 0 Å². The molecule has 1 unspecified atom stereocenters. The highest BCUT2D eigenvalue weighted by atomic mass is 16.3. The van der Waals surface area contributed by atoms with Gasteiger partial charge in [-0.3, -0.25) is 4.99 Å². The fourth-order valence-corrected chi connectivity index (χ4v) is 9.24. The van der Waals surface area contributed by atoms with Crippen LogP contribution in [0.15, 0.2) is 174 Å². The highest BCUT2D eigenvalue weighted by molar-refractivity contribution is 6.13. The summed E-state index contributed by atoms with van der Waals surface area (Å²) in [5, 5.41) is 19.1. The Morgan fingerprint density at radius 2 is 1.46 bits per heavy atom. The van der Waals surface area contributed by atoms with Gasteiger partial charge in [-0.1, -0.05) is 153 Å². The number of aliphatic hydroxyl groups excluding tert-OH is 1. The third-order valence-electron chi connectivity index (χ3n) is 12.2.